The molecule has 0 bridgehead atoms. The minimum atomic E-state index is 0.165. The van der Waals surface area contributed by atoms with Crippen LogP contribution in [-0.4, -0.2) is 25.5 Å². The van der Waals surface area contributed by atoms with E-state index in [4.69, 9.17) is 5.73 Å². The Bertz CT molecular complexity index is 396. The summed E-state index contributed by atoms with van der Waals surface area (Å²) in [4.78, 5) is 2.23. The maximum Gasteiger partial charge on any atom is 0.0364 e. The number of hydrogen-bond acceptors (Lipinski definition) is 2. The van der Waals surface area contributed by atoms with Gasteiger partial charge in [-0.3, -0.25) is 0 Å². The standard InChI is InChI=1S/C15H22N2/c1-17(2)11-5-7-13-10-9-12-6-3-4-8-14(12)15(13)16/h3-4,6,8-10,13,15H,5,7,11,16H2,1-2H3. The summed E-state index contributed by atoms with van der Waals surface area (Å²) in [6.07, 6.45) is 6.88. The van der Waals surface area contributed by atoms with Gasteiger partial charge in [-0.05, 0) is 50.5 Å². The third-order valence-corrected chi connectivity index (χ3v) is 3.48. The second-order valence-corrected chi connectivity index (χ2v) is 5.12. The first kappa shape index (κ1) is 12.3. The predicted octanol–water partition coefficient (Wildman–Crippen LogP) is 2.67. The smallest absolute Gasteiger partial charge is 0.0364 e. The minimum Gasteiger partial charge on any atom is -0.323 e. The lowest BCUT2D eigenvalue weighted by atomic mass is 9.83. The molecule has 0 aliphatic heterocycles. The number of rotatable bonds is 4. The lowest BCUT2D eigenvalue weighted by molar-refractivity contribution is 0.366. The summed E-state index contributed by atoms with van der Waals surface area (Å²) in [6, 6.07) is 8.61. The number of benzene rings is 1. The zero-order valence-electron chi connectivity index (χ0n) is 10.8. The fourth-order valence-corrected chi connectivity index (χ4v) is 2.46. The van der Waals surface area contributed by atoms with Gasteiger partial charge in [-0.25, -0.2) is 0 Å². The predicted molar refractivity (Wildman–Crippen MR) is 73.7 cm³/mol. The van der Waals surface area contributed by atoms with E-state index in [1.165, 1.54) is 24.0 Å². The lowest BCUT2D eigenvalue weighted by Gasteiger charge is -2.27. The van der Waals surface area contributed by atoms with E-state index in [-0.39, 0.29) is 6.04 Å². The van der Waals surface area contributed by atoms with Crippen LogP contribution >= 0.6 is 0 Å². The van der Waals surface area contributed by atoms with E-state index in [1.54, 1.807) is 0 Å². The molecule has 2 atom stereocenters. The van der Waals surface area contributed by atoms with Crippen molar-refractivity contribution in [3.8, 4) is 0 Å². The molecular formula is C15H22N2. The molecule has 1 aromatic rings. The number of hydrogen-bond donors (Lipinski definition) is 1. The highest BCUT2D eigenvalue weighted by molar-refractivity contribution is 5.58. The highest BCUT2D eigenvalue weighted by atomic mass is 15.0. The summed E-state index contributed by atoms with van der Waals surface area (Å²) in [6.45, 7) is 1.14. The van der Waals surface area contributed by atoms with Gasteiger partial charge in [0.1, 0.15) is 0 Å². The molecule has 0 saturated carbocycles. The molecule has 92 valence electrons. The van der Waals surface area contributed by atoms with Gasteiger partial charge < -0.3 is 10.6 Å². The molecular weight excluding hydrogens is 208 g/mol. The van der Waals surface area contributed by atoms with E-state index < -0.39 is 0 Å². The third kappa shape index (κ3) is 2.96. The Labute approximate surface area is 104 Å². The zero-order valence-corrected chi connectivity index (χ0v) is 10.8. The van der Waals surface area contributed by atoms with Crippen molar-refractivity contribution in [2.45, 2.75) is 18.9 Å². The van der Waals surface area contributed by atoms with Crippen LogP contribution in [0.1, 0.15) is 30.0 Å². The van der Waals surface area contributed by atoms with E-state index in [0.717, 1.165) is 6.54 Å². The molecule has 0 fully saturated rings. The minimum absolute atomic E-state index is 0.165. The van der Waals surface area contributed by atoms with Gasteiger partial charge in [-0.15, -0.1) is 0 Å². The van der Waals surface area contributed by atoms with Crippen molar-refractivity contribution in [3.05, 3.63) is 41.5 Å². The van der Waals surface area contributed by atoms with Crippen molar-refractivity contribution in [2.24, 2.45) is 11.7 Å². The van der Waals surface area contributed by atoms with E-state index in [2.05, 4.69) is 55.4 Å². The van der Waals surface area contributed by atoms with Crippen LogP contribution in [0.4, 0.5) is 0 Å². The van der Waals surface area contributed by atoms with Gasteiger partial charge in [0, 0.05) is 6.04 Å². The molecule has 2 nitrogen and oxygen atoms in total. The van der Waals surface area contributed by atoms with Crippen LogP contribution in [0.2, 0.25) is 0 Å². The normalized spacial score (nSPS) is 22.8. The Morgan fingerprint density at radius 1 is 1.24 bits per heavy atom. The lowest BCUT2D eigenvalue weighted by Crippen LogP contribution is -2.24. The van der Waals surface area contributed by atoms with Crippen molar-refractivity contribution in [2.75, 3.05) is 20.6 Å². The van der Waals surface area contributed by atoms with Gasteiger partial charge in [0.25, 0.3) is 0 Å². The molecule has 0 saturated heterocycles. The van der Waals surface area contributed by atoms with Crippen molar-refractivity contribution in [1.29, 1.82) is 0 Å². The highest BCUT2D eigenvalue weighted by Crippen LogP contribution is 2.32. The first-order valence-corrected chi connectivity index (χ1v) is 6.36. The average Bonchev–Trinajstić information content (AvgIpc) is 2.32. The molecule has 2 unspecified atom stereocenters. The fourth-order valence-electron chi connectivity index (χ4n) is 2.46. The van der Waals surface area contributed by atoms with Gasteiger partial charge in [-0.2, -0.15) is 0 Å². The molecule has 2 N–H and O–H groups in total. The Morgan fingerprint density at radius 2 is 2.00 bits per heavy atom. The first-order chi connectivity index (χ1) is 8.18. The van der Waals surface area contributed by atoms with Crippen LogP contribution in [0.15, 0.2) is 30.3 Å². The summed E-state index contributed by atoms with van der Waals surface area (Å²) >= 11 is 0. The van der Waals surface area contributed by atoms with E-state index >= 15 is 0 Å². The number of nitrogens with zero attached hydrogens (tertiary/aromatic N) is 1. The maximum atomic E-state index is 6.34. The molecule has 2 heteroatoms. The Kier molecular flexibility index (Phi) is 3.97. The molecule has 1 aliphatic carbocycles. The van der Waals surface area contributed by atoms with Crippen LogP contribution in [-0.2, 0) is 0 Å². The molecule has 1 aromatic carbocycles. The summed E-state index contributed by atoms with van der Waals surface area (Å²) in [5.74, 6) is 0.491. The second kappa shape index (κ2) is 5.48. The molecule has 0 heterocycles. The van der Waals surface area contributed by atoms with E-state index in [1.807, 2.05) is 0 Å². The topological polar surface area (TPSA) is 29.3 Å². The largest absolute Gasteiger partial charge is 0.323 e. The maximum absolute atomic E-state index is 6.34. The second-order valence-electron chi connectivity index (χ2n) is 5.12. The SMILES string of the molecule is CN(C)CCCC1C=Cc2ccccc2C1N. The van der Waals surface area contributed by atoms with Crippen LogP contribution in [0.5, 0.6) is 0 Å². The summed E-state index contributed by atoms with van der Waals surface area (Å²) < 4.78 is 0. The van der Waals surface area contributed by atoms with Crippen molar-refractivity contribution < 1.29 is 0 Å². The molecule has 0 aromatic heterocycles. The number of nitrogens with two attached hydrogens (primary N) is 1. The third-order valence-electron chi connectivity index (χ3n) is 3.48. The molecule has 0 spiro atoms. The Morgan fingerprint density at radius 3 is 2.76 bits per heavy atom. The quantitative estimate of drug-likeness (QED) is 0.861. The number of fused-ring (bicyclic) bond motifs is 1. The van der Waals surface area contributed by atoms with Crippen LogP contribution < -0.4 is 5.73 Å². The highest BCUT2D eigenvalue weighted by Gasteiger charge is 2.21. The zero-order chi connectivity index (χ0) is 12.3. The van der Waals surface area contributed by atoms with E-state index in [0.29, 0.717) is 5.92 Å². The fraction of sp³-hybridized carbons (Fsp3) is 0.467. The monoisotopic (exact) mass is 230 g/mol. The summed E-state index contributed by atoms with van der Waals surface area (Å²) in [5, 5.41) is 0. The van der Waals surface area contributed by atoms with Gasteiger partial charge >= 0.3 is 0 Å². The van der Waals surface area contributed by atoms with Crippen LogP contribution in [0.25, 0.3) is 6.08 Å². The van der Waals surface area contributed by atoms with Crippen molar-refractivity contribution in [3.63, 3.8) is 0 Å². The van der Waals surface area contributed by atoms with Gasteiger partial charge in [0.05, 0.1) is 0 Å². The van der Waals surface area contributed by atoms with Crippen molar-refractivity contribution >= 4 is 6.08 Å². The van der Waals surface area contributed by atoms with Crippen LogP contribution in [0.3, 0.4) is 0 Å². The van der Waals surface area contributed by atoms with Crippen LogP contribution in [0, 0.1) is 5.92 Å². The Balaban J connectivity index is 2.00. The molecule has 0 amide bonds. The Hall–Kier alpha value is -1.12. The van der Waals surface area contributed by atoms with Gasteiger partial charge in [-0.1, -0.05) is 36.4 Å². The molecule has 2 rings (SSSR count). The molecule has 0 radical (unpaired) electrons. The molecule has 17 heavy (non-hydrogen) atoms. The first-order valence-electron chi connectivity index (χ1n) is 6.36. The summed E-state index contributed by atoms with van der Waals surface area (Å²) in [7, 11) is 4.23. The summed E-state index contributed by atoms with van der Waals surface area (Å²) in [5.41, 5.74) is 8.92. The van der Waals surface area contributed by atoms with E-state index in [9.17, 15) is 0 Å². The average molecular weight is 230 g/mol. The van der Waals surface area contributed by atoms with Crippen molar-refractivity contribution in [1.82, 2.24) is 4.90 Å². The molecule has 1 aliphatic rings. The van der Waals surface area contributed by atoms with Gasteiger partial charge in [0.2, 0.25) is 0 Å². The van der Waals surface area contributed by atoms with Gasteiger partial charge in [0.15, 0.2) is 0 Å².